The number of aromatic nitrogens is 1. The second-order valence-electron chi connectivity index (χ2n) is 4.21. The first-order chi connectivity index (χ1) is 9.20. The monoisotopic (exact) mass is 275 g/mol. The lowest BCUT2D eigenvalue weighted by atomic mass is 10.1. The van der Waals surface area contributed by atoms with Gasteiger partial charge in [-0.2, -0.15) is 0 Å². The van der Waals surface area contributed by atoms with Crippen LogP contribution in [0.15, 0.2) is 36.0 Å². The second kappa shape index (κ2) is 6.33. The predicted molar refractivity (Wildman–Crippen MR) is 78.6 cm³/mol. The Bertz CT molecular complexity index is 539. The van der Waals surface area contributed by atoms with Gasteiger partial charge < -0.3 is 10.6 Å². The van der Waals surface area contributed by atoms with Crippen LogP contribution in [-0.4, -0.2) is 17.4 Å². The van der Waals surface area contributed by atoms with Crippen molar-refractivity contribution in [1.82, 2.24) is 10.3 Å². The lowest BCUT2D eigenvalue weighted by Crippen LogP contribution is -2.22. The maximum absolute atomic E-state index is 11.8. The van der Waals surface area contributed by atoms with Gasteiger partial charge in [0.05, 0.1) is 11.6 Å². The van der Waals surface area contributed by atoms with E-state index in [2.05, 4.69) is 22.5 Å². The molecule has 2 aromatic rings. The Balaban J connectivity index is 2.09. The summed E-state index contributed by atoms with van der Waals surface area (Å²) in [7, 11) is 0. The first-order valence-electron chi connectivity index (χ1n) is 6.24. The van der Waals surface area contributed by atoms with Crippen LogP contribution in [0.4, 0.5) is 5.69 Å². The molecule has 100 valence electrons. The number of hydrogen-bond donors (Lipinski definition) is 2. The zero-order valence-corrected chi connectivity index (χ0v) is 11.8. The predicted octanol–water partition coefficient (Wildman–Crippen LogP) is 3.07. The van der Waals surface area contributed by atoms with Crippen LogP contribution < -0.4 is 10.6 Å². The van der Waals surface area contributed by atoms with Crippen molar-refractivity contribution in [3.05, 3.63) is 46.4 Å². The number of rotatable bonds is 5. The summed E-state index contributed by atoms with van der Waals surface area (Å²) in [5.74, 6) is -0.0448. The van der Waals surface area contributed by atoms with Crippen LogP contribution in [0.1, 0.15) is 35.1 Å². The van der Waals surface area contributed by atoms with Crippen molar-refractivity contribution in [3.8, 4) is 0 Å². The Kier molecular flexibility index (Phi) is 4.52. The Morgan fingerprint density at radius 1 is 1.47 bits per heavy atom. The van der Waals surface area contributed by atoms with Crippen molar-refractivity contribution in [3.63, 3.8) is 0 Å². The third-order valence-electron chi connectivity index (χ3n) is 2.72. The van der Waals surface area contributed by atoms with E-state index in [1.54, 1.807) is 11.3 Å². The van der Waals surface area contributed by atoms with Gasteiger partial charge in [-0.05, 0) is 32.0 Å². The first-order valence-corrected chi connectivity index (χ1v) is 7.12. The van der Waals surface area contributed by atoms with Crippen LogP contribution in [-0.2, 0) is 0 Å². The fourth-order valence-electron chi connectivity index (χ4n) is 1.77. The standard InChI is InChI=1S/C14H17N3OS/c1-3-16-14(18)11-5-4-6-12(7-11)17-10(2)13-8-15-9-19-13/h4-10,17H,3H2,1-2H3,(H,16,18). The highest BCUT2D eigenvalue weighted by Gasteiger charge is 2.09. The summed E-state index contributed by atoms with van der Waals surface area (Å²) >= 11 is 1.62. The van der Waals surface area contributed by atoms with Crippen LogP contribution in [0.3, 0.4) is 0 Å². The van der Waals surface area contributed by atoms with Gasteiger partial charge in [0.15, 0.2) is 0 Å². The molecule has 0 aliphatic heterocycles. The minimum Gasteiger partial charge on any atom is -0.378 e. The highest BCUT2D eigenvalue weighted by molar-refractivity contribution is 7.09. The van der Waals surface area contributed by atoms with Crippen LogP contribution in [0, 0.1) is 0 Å². The summed E-state index contributed by atoms with van der Waals surface area (Å²) in [6, 6.07) is 7.69. The highest BCUT2D eigenvalue weighted by Crippen LogP contribution is 2.22. The molecule has 0 saturated carbocycles. The topological polar surface area (TPSA) is 54.0 Å². The second-order valence-corrected chi connectivity index (χ2v) is 5.13. The minimum absolute atomic E-state index is 0.0448. The summed E-state index contributed by atoms with van der Waals surface area (Å²) in [6.45, 7) is 4.62. The molecule has 1 atom stereocenters. The molecule has 5 heteroatoms. The summed E-state index contributed by atoms with van der Waals surface area (Å²) in [4.78, 5) is 17.0. The molecule has 1 heterocycles. The molecule has 4 nitrogen and oxygen atoms in total. The third-order valence-corrected chi connectivity index (χ3v) is 3.68. The number of carbonyl (C=O) groups is 1. The summed E-state index contributed by atoms with van der Waals surface area (Å²) in [6.07, 6.45) is 1.86. The number of nitrogens with one attached hydrogen (secondary N) is 2. The van der Waals surface area contributed by atoms with E-state index in [4.69, 9.17) is 0 Å². The largest absolute Gasteiger partial charge is 0.378 e. The van der Waals surface area contributed by atoms with Gasteiger partial charge >= 0.3 is 0 Å². The van der Waals surface area contributed by atoms with Gasteiger partial charge in [0.25, 0.3) is 5.91 Å². The first kappa shape index (κ1) is 13.5. The van der Waals surface area contributed by atoms with Gasteiger partial charge in [0, 0.05) is 28.9 Å². The number of carbonyl (C=O) groups excluding carboxylic acids is 1. The van der Waals surface area contributed by atoms with Crippen LogP contribution in [0.25, 0.3) is 0 Å². The Morgan fingerprint density at radius 2 is 2.32 bits per heavy atom. The molecule has 0 saturated heterocycles. The van der Waals surface area contributed by atoms with Crippen molar-refractivity contribution in [2.45, 2.75) is 19.9 Å². The highest BCUT2D eigenvalue weighted by atomic mass is 32.1. The van der Waals surface area contributed by atoms with Crippen LogP contribution in [0.5, 0.6) is 0 Å². The number of benzene rings is 1. The third kappa shape index (κ3) is 3.54. The van der Waals surface area contributed by atoms with E-state index in [9.17, 15) is 4.79 Å². The lowest BCUT2D eigenvalue weighted by molar-refractivity contribution is 0.0956. The number of anilines is 1. The lowest BCUT2D eigenvalue weighted by Gasteiger charge is -2.14. The molecular weight excluding hydrogens is 258 g/mol. The molecular formula is C14H17N3OS. The van der Waals surface area contributed by atoms with E-state index in [1.807, 2.05) is 42.9 Å². The summed E-state index contributed by atoms with van der Waals surface area (Å²) in [5, 5.41) is 6.17. The van der Waals surface area contributed by atoms with Crippen molar-refractivity contribution >= 4 is 22.9 Å². The minimum atomic E-state index is -0.0448. The van der Waals surface area contributed by atoms with E-state index in [-0.39, 0.29) is 11.9 Å². The average Bonchev–Trinajstić information content (AvgIpc) is 2.93. The van der Waals surface area contributed by atoms with Crippen LogP contribution >= 0.6 is 11.3 Å². The zero-order valence-electron chi connectivity index (χ0n) is 11.0. The van der Waals surface area contributed by atoms with Gasteiger partial charge in [0.1, 0.15) is 0 Å². The molecule has 0 bridgehead atoms. The Labute approximate surface area is 116 Å². The number of nitrogens with zero attached hydrogens (tertiary/aromatic N) is 1. The van der Waals surface area contributed by atoms with Crippen molar-refractivity contribution in [1.29, 1.82) is 0 Å². The maximum atomic E-state index is 11.8. The number of hydrogen-bond acceptors (Lipinski definition) is 4. The van der Waals surface area contributed by atoms with E-state index in [0.29, 0.717) is 12.1 Å². The van der Waals surface area contributed by atoms with Crippen molar-refractivity contribution in [2.24, 2.45) is 0 Å². The molecule has 0 fully saturated rings. The molecule has 2 N–H and O–H groups in total. The molecule has 1 aromatic heterocycles. The van der Waals surface area contributed by atoms with Crippen molar-refractivity contribution < 1.29 is 4.79 Å². The average molecular weight is 275 g/mol. The number of thiazole rings is 1. The maximum Gasteiger partial charge on any atom is 0.251 e. The van der Waals surface area contributed by atoms with Gasteiger partial charge in [-0.25, -0.2) is 0 Å². The smallest absolute Gasteiger partial charge is 0.251 e. The molecule has 1 aromatic carbocycles. The Morgan fingerprint density at radius 3 is 3.00 bits per heavy atom. The fourth-order valence-corrected chi connectivity index (χ4v) is 2.40. The molecule has 0 spiro atoms. The SMILES string of the molecule is CCNC(=O)c1cccc(NC(C)c2cncs2)c1. The van der Waals surface area contributed by atoms with Gasteiger partial charge in [0.2, 0.25) is 0 Å². The van der Waals surface area contributed by atoms with E-state index in [0.717, 1.165) is 5.69 Å². The molecule has 0 aliphatic carbocycles. The van der Waals surface area contributed by atoms with E-state index < -0.39 is 0 Å². The van der Waals surface area contributed by atoms with Gasteiger partial charge in [-0.15, -0.1) is 11.3 Å². The van der Waals surface area contributed by atoms with Crippen molar-refractivity contribution in [2.75, 3.05) is 11.9 Å². The van der Waals surface area contributed by atoms with E-state index >= 15 is 0 Å². The summed E-state index contributed by atoms with van der Waals surface area (Å²) in [5.41, 5.74) is 3.42. The zero-order chi connectivity index (χ0) is 13.7. The summed E-state index contributed by atoms with van der Waals surface area (Å²) < 4.78 is 0. The molecule has 2 rings (SSSR count). The fraction of sp³-hybridized carbons (Fsp3) is 0.286. The quantitative estimate of drug-likeness (QED) is 0.881. The van der Waals surface area contributed by atoms with Gasteiger partial charge in [-0.3, -0.25) is 9.78 Å². The normalized spacial score (nSPS) is 11.9. The molecule has 0 radical (unpaired) electrons. The van der Waals surface area contributed by atoms with Gasteiger partial charge in [-0.1, -0.05) is 6.07 Å². The molecule has 1 unspecified atom stereocenters. The molecule has 19 heavy (non-hydrogen) atoms. The van der Waals surface area contributed by atoms with E-state index in [1.165, 1.54) is 4.88 Å². The molecule has 1 amide bonds. The Hall–Kier alpha value is -1.88. The van der Waals surface area contributed by atoms with Crippen LogP contribution in [0.2, 0.25) is 0 Å². The molecule has 0 aliphatic rings. The number of amides is 1.